The molecular formula is C19H20O7. The number of furan rings is 1. The monoisotopic (exact) mass is 360 g/mol. The molecule has 0 saturated heterocycles. The molecule has 0 N–H and O–H groups in total. The molecule has 2 rings (SSSR count). The lowest BCUT2D eigenvalue weighted by atomic mass is 10.0. The molecule has 0 amide bonds. The molecule has 0 radical (unpaired) electrons. The topological polar surface area (TPSA) is 92.0 Å². The number of hydrogen-bond donors (Lipinski definition) is 0. The van der Waals surface area contributed by atoms with Crippen molar-refractivity contribution in [2.75, 3.05) is 20.8 Å². The molecule has 7 heteroatoms. The summed E-state index contributed by atoms with van der Waals surface area (Å²) in [6, 6.07) is 10.5. The highest BCUT2D eigenvalue weighted by molar-refractivity contribution is 5.97. The Hall–Kier alpha value is -3.09. The van der Waals surface area contributed by atoms with Crippen LogP contribution in [0, 0.1) is 5.92 Å². The van der Waals surface area contributed by atoms with E-state index in [0.29, 0.717) is 11.3 Å². The van der Waals surface area contributed by atoms with Crippen molar-refractivity contribution < 1.29 is 33.0 Å². The molecule has 0 atom stereocenters. The van der Waals surface area contributed by atoms with Gasteiger partial charge in [0.15, 0.2) is 5.92 Å². The fraction of sp³-hybridized carbons (Fsp3) is 0.316. The Bertz CT molecular complexity index is 760. The number of hydrogen-bond acceptors (Lipinski definition) is 7. The molecule has 0 aliphatic rings. The van der Waals surface area contributed by atoms with E-state index >= 15 is 0 Å². The van der Waals surface area contributed by atoms with Gasteiger partial charge in [0.25, 0.3) is 0 Å². The van der Waals surface area contributed by atoms with Gasteiger partial charge in [0, 0.05) is 12.0 Å². The second kappa shape index (κ2) is 8.84. The van der Waals surface area contributed by atoms with Crippen molar-refractivity contribution in [2.45, 2.75) is 13.3 Å². The molecule has 1 heterocycles. The van der Waals surface area contributed by atoms with E-state index in [1.54, 1.807) is 31.2 Å². The van der Waals surface area contributed by atoms with Crippen molar-refractivity contribution in [3.05, 3.63) is 47.7 Å². The van der Waals surface area contributed by atoms with Crippen LogP contribution in [0.1, 0.15) is 23.0 Å². The molecule has 0 bridgehead atoms. The SMILES string of the molecule is CCOC(=O)c1cc(CC(C(=O)OC)C(=O)OC)oc1-c1ccccc1. The summed E-state index contributed by atoms with van der Waals surface area (Å²) in [5.74, 6) is -2.64. The normalized spacial score (nSPS) is 10.5. The van der Waals surface area contributed by atoms with E-state index < -0.39 is 23.8 Å². The average molecular weight is 360 g/mol. The van der Waals surface area contributed by atoms with Crippen molar-refractivity contribution >= 4 is 17.9 Å². The highest BCUT2D eigenvalue weighted by Crippen LogP contribution is 2.29. The first kappa shape index (κ1) is 19.2. The zero-order chi connectivity index (χ0) is 19.1. The minimum atomic E-state index is -1.19. The van der Waals surface area contributed by atoms with Crippen LogP contribution in [0.25, 0.3) is 11.3 Å². The fourth-order valence-electron chi connectivity index (χ4n) is 2.46. The molecule has 7 nitrogen and oxygen atoms in total. The Balaban J connectivity index is 2.42. The quantitative estimate of drug-likeness (QED) is 0.426. The van der Waals surface area contributed by atoms with Crippen molar-refractivity contribution in [2.24, 2.45) is 5.92 Å². The Labute approximate surface area is 150 Å². The Morgan fingerprint density at radius 2 is 1.65 bits per heavy atom. The first-order valence-electron chi connectivity index (χ1n) is 8.02. The Morgan fingerprint density at radius 1 is 1.04 bits per heavy atom. The van der Waals surface area contributed by atoms with Gasteiger partial charge in [-0.05, 0) is 13.0 Å². The lowest BCUT2D eigenvalue weighted by molar-refractivity contribution is -0.158. The number of methoxy groups -OCH3 is 2. The molecule has 138 valence electrons. The summed E-state index contributed by atoms with van der Waals surface area (Å²) >= 11 is 0. The van der Waals surface area contributed by atoms with E-state index in [1.165, 1.54) is 20.3 Å². The molecular weight excluding hydrogens is 340 g/mol. The minimum absolute atomic E-state index is 0.0986. The molecule has 0 fully saturated rings. The summed E-state index contributed by atoms with van der Waals surface area (Å²) in [4.78, 5) is 36.0. The van der Waals surface area contributed by atoms with Crippen molar-refractivity contribution in [1.29, 1.82) is 0 Å². The summed E-state index contributed by atoms with van der Waals surface area (Å²) in [5.41, 5.74) is 0.899. The zero-order valence-electron chi connectivity index (χ0n) is 14.8. The maximum absolute atomic E-state index is 12.3. The highest BCUT2D eigenvalue weighted by Gasteiger charge is 2.31. The maximum Gasteiger partial charge on any atom is 0.342 e. The third-order valence-corrected chi connectivity index (χ3v) is 3.69. The maximum atomic E-state index is 12.3. The third kappa shape index (κ3) is 4.30. The van der Waals surface area contributed by atoms with Gasteiger partial charge in [-0.2, -0.15) is 0 Å². The largest absolute Gasteiger partial charge is 0.468 e. The van der Waals surface area contributed by atoms with Crippen LogP contribution >= 0.6 is 0 Å². The molecule has 26 heavy (non-hydrogen) atoms. The van der Waals surface area contributed by atoms with Crippen molar-refractivity contribution in [3.8, 4) is 11.3 Å². The zero-order valence-corrected chi connectivity index (χ0v) is 14.8. The van der Waals surface area contributed by atoms with Gasteiger partial charge in [0.2, 0.25) is 0 Å². The number of ether oxygens (including phenoxy) is 3. The Kier molecular flexibility index (Phi) is 6.54. The summed E-state index contributed by atoms with van der Waals surface area (Å²) in [6.45, 7) is 1.91. The van der Waals surface area contributed by atoms with E-state index in [2.05, 4.69) is 9.47 Å². The molecule has 0 aliphatic carbocycles. The average Bonchev–Trinajstić information content (AvgIpc) is 3.10. The molecule has 1 aromatic carbocycles. The van der Waals surface area contributed by atoms with Crippen LogP contribution < -0.4 is 0 Å². The van der Waals surface area contributed by atoms with Crippen LogP contribution in [0.2, 0.25) is 0 Å². The summed E-state index contributed by atoms with van der Waals surface area (Å²) in [5, 5.41) is 0. The van der Waals surface area contributed by atoms with E-state index in [-0.39, 0.29) is 24.4 Å². The molecule has 1 aromatic heterocycles. The first-order valence-corrected chi connectivity index (χ1v) is 8.02. The van der Waals surface area contributed by atoms with Crippen molar-refractivity contribution in [3.63, 3.8) is 0 Å². The number of carbonyl (C=O) groups is 3. The predicted octanol–water partition coefficient (Wildman–Crippen LogP) is 2.63. The smallest absolute Gasteiger partial charge is 0.342 e. The fourth-order valence-corrected chi connectivity index (χ4v) is 2.46. The van der Waals surface area contributed by atoms with Crippen LogP contribution in [0.15, 0.2) is 40.8 Å². The van der Waals surface area contributed by atoms with Crippen LogP contribution in [-0.4, -0.2) is 38.7 Å². The summed E-state index contributed by atoms with van der Waals surface area (Å²) < 4.78 is 20.1. The second-order valence-corrected chi connectivity index (χ2v) is 5.35. The van der Waals surface area contributed by atoms with Crippen LogP contribution in [0.4, 0.5) is 0 Å². The van der Waals surface area contributed by atoms with E-state index in [1.807, 2.05) is 6.07 Å². The molecule has 0 saturated carbocycles. The van der Waals surface area contributed by atoms with E-state index in [9.17, 15) is 14.4 Å². The van der Waals surface area contributed by atoms with Gasteiger partial charge in [0.1, 0.15) is 17.1 Å². The Morgan fingerprint density at radius 3 is 2.19 bits per heavy atom. The summed E-state index contributed by atoms with van der Waals surface area (Å²) in [6.07, 6.45) is -0.0986. The van der Waals surface area contributed by atoms with Gasteiger partial charge in [-0.3, -0.25) is 9.59 Å². The van der Waals surface area contributed by atoms with Gasteiger partial charge in [-0.25, -0.2) is 4.79 Å². The van der Waals surface area contributed by atoms with Crippen LogP contribution in [-0.2, 0) is 30.2 Å². The first-order chi connectivity index (χ1) is 12.5. The molecule has 0 spiro atoms. The standard InChI is InChI=1S/C19H20O7/c1-4-25-19(22)14-10-13(11-15(17(20)23-2)18(21)24-3)26-16(14)12-8-6-5-7-9-12/h5-10,15H,4,11H2,1-3H3. The van der Waals surface area contributed by atoms with E-state index in [4.69, 9.17) is 9.15 Å². The van der Waals surface area contributed by atoms with E-state index in [0.717, 1.165) is 0 Å². The van der Waals surface area contributed by atoms with Gasteiger partial charge in [-0.1, -0.05) is 30.3 Å². The van der Waals surface area contributed by atoms with Gasteiger partial charge in [0.05, 0.1) is 20.8 Å². The summed E-state index contributed by atoms with van der Waals surface area (Å²) in [7, 11) is 2.36. The second-order valence-electron chi connectivity index (χ2n) is 5.35. The van der Waals surface area contributed by atoms with Crippen LogP contribution in [0.3, 0.4) is 0 Å². The number of rotatable bonds is 7. The number of esters is 3. The van der Waals surface area contributed by atoms with Crippen LogP contribution in [0.5, 0.6) is 0 Å². The number of benzene rings is 1. The van der Waals surface area contributed by atoms with Gasteiger partial charge < -0.3 is 18.6 Å². The third-order valence-electron chi connectivity index (χ3n) is 3.69. The highest BCUT2D eigenvalue weighted by atomic mass is 16.5. The van der Waals surface area contributed by atoms with Crippen molar-refractivity contribution in [1.82, 2.24) is 0 Å². The van der Waals surface area contributed by atoms with Gasteiger partial charge >= 0.3 is 17.9 Å². The predicted molar refractivity (Wildman–Crippen MR) is 91.3 cm³/mol. The lowest BCUT2D eigenvalue weighted by Gasteiger charge is -2.10. The van der Waals surface area contributed by atoms with Gasteiger partial charge in [-0.15, -0.1) is 0 Å². The molecule has 2 aromatic rings. The molecule has 0 unspecified atom stereocenters. The lowest BCUT2D eigenvalue weighted by Crippen LogP contribution is -2.28. The molecule has 0 aliphatic heterocycles. The minimum Gasteiger partial charge on any atom is -0.468 e. The number of carbonyl (C=O) groups excluding carboxylic acids is 3.